The molecule has 0 saturated carbocycles. The van der Waals surface area contributed by atoms with E-state index in [0.29, 0.717) is 28.2 Å². The molecular formula is C24H18N4O3. The number of amides is 2. The lowest BCUT2D eigenvalue weighted by molar-refractivity contribution is 0.102. The van der Waals surface area contributed by atoms with Crippen molar-refractivity contribution in [3.63, 3.8) is 0 Å². The smallest absolute Gasteiger partial charge is 0.257 e. The summed E-state index contributed by atoms with van der Waals surface area (Å²) in [6, 6.07) is 21.7. The third kappa shape index (κ3) is 4.56. The van der Waals surface area contributed by atoms with Crippen LogP contribution in [-0.4, -0.2) is 21.4 Å². The highest BCUT2D eigenvalue weighted by Crippen LogP contribution is 2.18. The number of hydrogen-bond donors (Lipinski definition) is 2. The molecule has 0 aliphatic rings. The van der Waals surface area contributed by atoms with Gasteiger partial charge in [0.1, 0.15) is 0 Å². The van der Waals surface area contributed by atoms with Crippen LogP contribution in [0.2, 0.25) is 0 Å². The number of nitrogens with zero attached hydrogens (tertiary/aromatic N) is 2. The summed E-state index contributed by atoms with van der Waals surface area (Å²) in [5, 5.41) is 5.54. The predicted molar refractivity (Wildman–Crippen MR) is 119 cm³/mol. The summed E-state index contributed by atoms with van der Waals surface area (Å²) in [4.78, 5) is 41.3. The van der Waals surface area contributed by atoms with Gasteiger partial charge in [-0.05, 0) is 54.6 Å². The molecule has 0 spiro atoms. The van der Waals surface area contributed by atoms with Crippen molar-refractivity contribution in [1.82, 2.24) is 9.55 Å². The lowest BCUT2D eigenvalue weighted by atomic mass is 10.1. The summed E-state index contributed by atoms with van der Waals surface area (Å²) in [6.45, 7) is 0. The van der Waals surface area contributed by atoms with Crippen LogP contribution >= 0.6 is 0 Å². The van der Waals surface area contributed by atoms with Crippen LogP contribution in [0, 0.1) is 0 Å². The molecule has 152 valence electrons. The first-order valence-corrected chi connectivity index (χ1v) is 9.52. The van der Waals surface area contributed by atoms with Crippen LogP contribution in [-0.2, 0) is 0 Å². The minimum absolute atomic E-state index is 0.159. The largest absolute Gasteiger partial charge is 0.321 e. The maximum absolute atomic E-state index is 12.7. The summed E-state index contributed by atoms with van der Waals surface area (Å²) in [6.07, 6.45) is 4.82. The quantitative estimate of drug-likeness (QED) is 0.524. The fourth-order valence-corrected chi connectivity index (χ4v) is 3.03. The standard InChI is InChI=1S/C24H18N4O3/c29-22-9-3-4-15-28(22)19-12-10-17(11-13-19)23(30)27-21-8-2-1-7-20(21)24(31)26-18-6-5-14-25-16-18/h1-16H,(H,26,31)(H,27,30). The summed E-state index contributed by atoms with van der Waals surface area (Å²) < 4.78 is 1.49. The van der Waals surface area contributed by atoms with Crippen LogP contribution in [0.25, 0.3) is 5.69 Å². The highest BCUT2D eigenvalue weighted by atomic mass is 16.2. The zero-order valence-electron chi connectivity index (χ0n) is 16.4. The summed E-state index contributed by atoms with van der Waals surface area (Å²) in [5.74, 6) is -0.726. The Labute approximate surface area is 178 Å². The van der Waals surface area contributed by atoms with Crippen molar-refractivity contribution in [2.24, 2.45) is 0 Å². The average molecular weight is 410 g/mol. The van der Waals surface area contributed by atoms with Crippen molar-refractivity contribution in [1.29, 1.82) is 0 Å². The molecule has 7 heteroatoms. The van der Waals surface area contributed by atoms with E-state index in [2.05, 4.69) is 15.6 Å². The Kier molecular flexibility index (Phi) is 5.66. The highest BCUT2D eigenvalue weighted by Gasteiger charge is 2.14. The Bertz CT molecular complexity index is 1280. The zero-order valence-corrected chi connectivity index (χ0v) is 16.4. The van der Waals surface area contributed by atoms with E-state index < -0.39 is 0 Å². The second-order valence-electron chi connectivity index (χ2n) is 6.65. The van der Waals surface area contributed by atoms with E-state index >= 15 is 0 Å². The first-order chi connectivity index (χ1) is 15.1. The van der Waals surface area contributed by atoms with Gasteiger partial charge in [-0.3, -0.25) is 23.9 Å². The van der Waals surface area contributed by atoms with Crippen molar-refractivity contribution in [3.8, 4) is 5.69 Å². The summed E-state index contributed by atoms with van der Waals surface area (Å²) in [7, 11) is 0. The van der Waals surface area contributed by atoms with Crippen LogP contribution in [0.3, 0.4) is 0 Å². The lowest BCUT2D eigenvalue weighted by Crippen LogP contribution is -2.19. The number of para-hydroxylation sites is 1. The van der Waals surface area contributed by atoms with Gasteiger partial charge >= 0.3 is 0 Å². The van der Waals surface area contributed by atoms with Crippen LogP contribution in [0.5, 0.6) is 0 Å². The molecule has 2 aromatic heterocycles. The van der Waals surface area contributed by atoms with Crippen LogP contribution in [0.1, 0.15) is 20.7 Å². The normalized spacial score (nSPS) is 10.3. The number of carbonyl (C=O) groups is 2. The molecule has 0 bridgehead atoms. The zero-order chi connectivity index (χ0) is 21.6. The lowest BCUT2D eigenvalue weighted by Gasteiger charge is -2.12. The Morgan fingerprint density at radius 1 is 0.774 bits per heavy atom. The maximum Gasteiger partial charge on any atom is 0.257 e. The molecule has 2 aromatic carbocycles. The van der Waals surface area contributed by atoms with Crippen molar-refractivity contribution >= 4 is 23.2 Å². The van der Waals surface area contributed by atoms with Gasteiger partial charge in [0.25, 0.3) is 17.4 Å². The Hall–Kier alpha value is -4.52. The third-order valence-electron chi connectivity index (χ3n) is 4.57. The van der Waals surface area contributed by atoms with Gasteiger partial charge in [0.2, 0.25) is 0 Å². The van der Waals surface area contributed by atoms with Crippen molar-refractivity contribution in [2.45, 2.75) is 0 Å². The Morgan fingerprint density at radius 2 is 1.55 bits per heavy atom. The number of aromatic nitrogens is 2. The van der Waals surface area contributed by atoms with E-state index in [-0.39, 0.29) is 17.4 Å². The van der Waals surface area contributed by atoms with Crippen LogP contribution < -0.4 is 16.2 Å². The number of anilines is 2. The number of nitrogens with one attached hydrogen (secondary N) is 2. The number of pyridine rings is 2. The number of carbonyl (C=O) groups excluding carboxylic acids is 2. The SMILES string of the molecule is O=C(Nc1ccccc1C(=O)Nc1cccnc1)c1ccc(-n2ccccc2=O)cc1. The Morgan fingerprint density at radius 3 is 2.29 bits per heavy atom. The van der Waals surface area contributed by atoms with Gasteiger partial charge in [0, 0.05) is 29.7 Å². The van der Waals surface area contributed by atoms with Gasteiger partial charge in [0.15, 0.2) is 0 Å². The first kappa shape index (κ1) is 19.8. The van der Waals surface area contributed by atoms with Gasteiger partial charge in [-0.25, -0.2) is 0 Å². The highest BCUT2D eigenvalue weighted by molar-refractivity contribution is 6.12. The number of hydrogen-bond acceptors (Lipinski definition) is 4. The van der Waals surface area contributed by atoms with E-state index in [0.717, 1.165) is 0 Å². The van der Waals surface area contributed by atoms with Crippen molar-refractivity contribution in [3.05, 3.63) is 119 Å². The molecule has 2 N–H and O–H groups in total. The summed E-state index contributed by atoms with van der Waals surface area (Å²) >= 11 is 0. The first-order valence-electron chi connectivity index (χ1n) is 9.52. The predicted octanol–water partition coefficient (Wildman–Crippen LogP) is 3.74. The molecule has 31 heavy (non-hydrogen) atoms. The minimum atomic E-state index is -0.367. The van der Waals surface area contributed by atoms with E-state index in [1.165, 1.54) is 10.6 Å². The van der Waals surface area contributed by atoms with Gasteiger partial charge < -0.3 is 10.6 Å². The molecule has 4 aromatic rings. The molecule has 0 radical (unpaired) electrons. The van der Waals surface area contributed by atoms with E-state index in [1.54, 1.807) is 91.4 Å². The monoisotopic (exact) mass is 410 g/mol. The average Bonchev–Trinajstić information content (AvgIpc) is 2.80. The van der Waals surface area contributed by atoms with Gasteiger partial charge in [-0.1, -0.05) is 18.2 Å². The minimum Gasteiger partial charge on any atom is -0.321 e. The molecule has 0 aliphatic carbocycles. The van der Waals surface area contributed by atoms with Crippen LogP contribution in [0.4, 0.5) is 11.4 Å². The van der Waals surface area contributed by atoms with Gasteiger partial charge in [-0.15, -0.1) is 0 Å². The van der Waals surface area contributed by atoms with Crippen molar-refractivity contribution < 1.29 is 9.59 Å². The third-order valence-corrected chi connectivity index (χ3v) is 4.57. The molecule has 4 rings (SSSR count). The fraction of sp³-hybridized carbons (Fsp3) is 0. The molecule has 7 nitrogen and oxygen atoms in total. The second kappa shape index (κ2) is 8.87. The maximum atomic E-state index is 12.7. The van der Waals surface area contributed by atoms with Crippen LogP contribution in [0.15, 0.2) is 102 Å². The molecular weight excluding hydrogens is 392 g/mol. The van der Waals surface area contributed by atoms with Gasteiger partial charge in [0.05, 0.1) is 23.1 Å². The summed E-state index contributed by atoms with van der Waals surface area (Å²) in [5.41, 5.74) is 2.16. The van der Waals surface area contributed by atoms with E-state index in [1.807, 2.05) is 0 Å². The van der Waals surface area contributed by atoms with Crippen molar-refractivity contribution in [2.75, 3.05) is 10.6 Å². The van der Waals surface area contributed by atoms with Gasteiger partial charge in [-0.2, -0.15) is 0 Å². The molecule has 0 unspecified atom stereocenters. The Balaban J connectivity index is 1.52. The molecule has 2 heterocycles. The number of benzene rings is 2. The molecule has 0 saturated heterocycles. The number of rotatable bonds is 5. The van der Waals surface area contributed by atoms with E-state index in [9.17, 15) is 14.4 Å². The topological polar surface area (TPSA) is 93.1 Å². The van der Waals surface area contributed by atoms with E-state index in [4.69, 9.17) is 0 Å². The second-order valence-corrected chi connectivity index (χ2v) is 6.65. The molecule has 0 fully saturated rings. The molecule has 2 amide bonds. The fourth-order valence-electron chi connectivity index (χ4n) is 3.03. The molecule has 0 aliphatic heterocycles. The molecule has 0 atom stereocenters.